The number of nitriles is 1. The summed E-state index contributed by atoms with van der Waals surface area (Å²) in [5, 5.41) is 8.79. The van der Waals surface area contributed by atoms with E-state index in [4.69, 9.17) is 5.26 Å². The Balaban J connectivity index is 2.52. The number of carbonyl (C=O) groups excluding carboxylic acids is 1. The Labute approximate surface area is 89.6 Å². The van der Waals surface area contributed by atoms with E-state index in [0.717, 1.165) is 6.26 Å². The monoisotopic (exact) mass is 230 g/mol. The van der Waals surface area contributed by atoms with Crippen molar-refractivity contribution in [3.63, 3.8) is 0 Å². The number of rotatable bonds is 4. The first-order valence-corrected chi connectivity index (χ1v) is 6.71. The molecule has 0 bridgehead atoms. The van der Waals surface area contributed by atoms with Crippen LogP contribution in [0.25, 0.3) is 0 Å². The molecule has 1 aliphatic rings. The standard InChI is InChI=1S/C9H14N2O3S/c1-11(5-6-15(2,13)14)8(12)9(7-10)3-4-9/h3-6H2,1-2H3. The highest BCUT2D eigenvalue weighted by atomic mass is 32.2. The first kappa shape index (κ1) is 12.0. The molecular weight excluding hydrogens is 216 g/mol. The molecule has 1 rings (SSSR count). The van der Waals surface area contributed by atoms with Crippen LogP contribution in [0.4, 0.5) is 0 Å². The van der Waals surface area contributed by atoms with Crippen molar-refractivity contribution in [3.8, 4) is 6.07 Å². The third kappa shape index (κ3) is 2.93. The van der Waals surface area contributed by atoms with Crippen molar-refractivity contribution in [1.82, 2.24) is 4.90 Å². The normalized spacial score (nSPS) is 17.9. The molecule has 0 aromatic heterocycles. The Morgan fingerprint density at radius 1 is 1.53 bits per heavy atom. The van der Waals surface area contributed by atoms with Crippen LogP contribution in [0.15, 0.2) is 0 Å². The van der Waals surface area contributed by atoms with E-state index >= 15 is 0 Å². The molecule has 1 saturated carbocycles. The van der Waals surface area contributed by atoms with Crippen LogP contribution in [-0.4, -0.2) is 44.8 Å². The van der Waals surface area contributed by atoms with Crippen molar-refractivity contribution in [2.45, 2.75) is 12.8 Å². The summed E-state index contributed by atoms with van der Waals surface area (Å²) >= 11 is 0. The van der Waals surface area contributed by atoms with Crippen molar-refractivity contribution in [3.05, 3.63) is 0 Å². The van der Waals surface area contributed by atoms with Crippen molar-refractivity contribution < 1.29 is 13.2 Å². The minimum atomic E-state index is -3.06. The molecule has 6 heteroatoms. The molecule has 1 amide bonds. The first-order valence-electron chi connectivity index (χ1n) is 4.65. The van der Waals surface area contributed by atoms with Gasteiger partial charge in [-0.3, -0.25) is 4.79 Å². The predicted octanol–water partition coefficient (Wildman–Crippen LogP) is -0.207. The van der Waals surface area contributed by atoms with E-state index in [0.29, 0.717) is 12.8 Å². The van der Waals surface area contributed by atoms with Gasteiger partial charge in [0.25, 0.3) is 0 Å². The summed E-state index contributed by atoms with van der Waals surface area (Å²) in [6, 6.07) is 1.99. The highest BCUT2D eigenvalue weighted by Crippen LogP contribution is 2.46. The molecule has 0 unspecified atom stereocenters. The maximum atomic E-state index is 11.7. The zero-order chi connectivity index (χ0) is 11.7. The van der Waals surface area contributed by atoms with E-state index in [2.05, 4.69) is 0 Å². The quantitative estimate of drug-likeness (QED) is 0.669. The van der Waals surface area contributed by atoms with E-state index in [9.17, 15) is 13.2 Å². The number of amides is 1. The van der Waals surface area contributed by atoms with Gasteiger partial charge in [-0.2, -0.15) is 5.26 Å². The fraction of sp³-hybridized carbons (Fsp3) is 0.778. The number of hydrogen-bond donors (Lipinski definition) is 0. The van der Waals surface area contributed by atoms with Gasteiger partial charge in [0.05, 0.1) is 11.8 Å². The second-order valence-electron chi connectivity index (χ2n) is 4.05. The molecule has 15 heavy (non-hydrogen) atoms. The van der Waals surface area contributed by atoms with Crippen molar-refractivity contribution in [1.29, 1.82) is 5.26 Å². The first-order chi connectivity index (χ1) is 6.81. The average Bonchev–Trinajstić information content (AvgIpc) is 2.92. The van der Waals surface area contributed by atoms with Gasteiger partial charge < -0.3 is 4.90 Å². The van der Waals surface area contributed by atoms with Crippen LogP contribution < -0.4 is 0 Å². The lowest BCUT2D eigenvalue weighted by Crippen LogP contribution is -2.36. The Kier molecular flexibility index (Phi) is 3.05. The van der Waals surface area contributed by atoms with Gasteiger partial charge in [0.2, 0.25) is 5.91 Å². The van der Waals surface area contributed by atoms with Gasteiger partial charge in [-0.05, 0) is 12.8 Å². The molecule has 1 aliphatic carbocycles. The molecule has 0 aromatic carbocycles. The third-order valence-corrected chi connectivity index (χ3v) is 3.44. The third-order valence-electron chi connectivity index (χ3n) is 2.52. The van der Waals surface area contributed by atoms with E-state index < -0.39 is 15.3 Å². The molecule has 0 aromatic rings. The molecule has 0 N–H and O–H groups in total. The summed E-state index contributed by atoms with van der Waals surface area (Å²) < 4.78 is 21.8. The van der Waals surface area contributed by atoms with Gasteiger partial charge in [-0.25, -0.2) is 8.42 Å². The molecule has 0 radical (unpaired) electrons. The van der Waals surface area contributed by atoms with Crippen molar-refractivity contribution in [2.24, 2.45) is 5.41 Å². The molecule has 0 heterocycles. The van der Waals surface area contributed by atoms with Gasteiger partial charge in [0.1, 0.15) is 15.3 Å². The summed E-state index contributed by atoms with van der Waals surface area (Å²) in [6.45, 7) is 0.154. The largest absolute Gasteiger partial charge is 0.343 e. The topological polar surface area (TPSA) is 78.2 Å². The van der Waals surface area contributed by atoms with Gasteiger partial charge in [0, 0.05) is 19.8 Å². The Morgan fingerprint density at radius 2 is 2.07 bits per heavy atom. The summed E-state index contributed by atoms with van der Waals surface area (Å²) in [6.07, 6.45) is 2.31. The van der Waals surface area contributed by atoms with Gasteiger partial charge in [0.15, 0.2) is 0 Å². The lowest BCUT2D eigenvalue weighted by Gasteiger charge is -2.18. The fourth-order valence-electron chi connectivity index (χ4n) is 1.27. The summed E-state index contributed by atoms with van der Waals surface area (Å²) in [4.78, 5) is 13.0. The molecule has 0 aliphatic heterocycles. The van der Waals surface area contributed by atoms with E-state index in [1.165, 1.54) is 11.9 Å². The highest BCUT2D eigenvalue weighted by molar-refractivity contribution is 7.90. The predicted molar refractivity (Wildman–Crippen MR) is 54.6 cm³/mol. The smallest absolute Gasteiger partial charge is 0.242 e. The minimum absolute atomic E-state index is 0.0588. The van der Waals surface area contributed by atoms with Crippen molar-refractivity contribution >= 4 is 15.7 Å². The van der Waals surface area contributed by atoms with Gasteiger partial charge >= 0.3 is 0 Å². The van der Waals surface area contributed by atoms with Crippen LogP contribution >= 0.6 is 0 Å². The van der Waals surface area contributed by atoms with E-state index in [1.807, 2.05) is 6.07 Å². The van der Waals surface area contributed by atoms with Crippen LogP contribution in [0.5, 0.6) is 0 Å². The molecule has 1 fully saturated rings. The highest BCUT2D eigenvalue weighted by Gasteiger charge is 2.51. The second kappa shape index (κ2) is 3.81. The van der Waals surface area contributed by atoms with E-state index in [-0.39, 0.29) is 18.2 Å². The van der Waals surface area contributed by atoms with Crippen LogP contribution in [-0.2, 0) is 14.6 Å². The van der Waals surface area contributed by atoms with E-state index in [1.54, 1.807) is 0 Å². The molecular formula is C9H14N2O3S. The molecule has 0 spiro atoms. The van der Waals surface area contributed by atoms with Crippen LogP contribution in [0, 0.1) is 16.7 Å². The summed E-state index contributed by atoms with van der Waals surface area (Å²) in [7, 11) is -1.53. The number of nitrogens with zero attached hydrogens (tertiary/aromatic N) is 2. The molecule has 0 saturated heterocycles. The molecule has 5 nitrogen and oxygen atoms in total. The minimum Gasteiger partial charge on any atom is -0.343 e. The summed E-state index contributed by atoms with van der Waals surface area (Å²) in [5.74, 6) is -0.315. The lowest BCUT2D eigenvalue weighted by molar-refractivity contribution is -0.133. The van der Waals surface area contributed by atoms with Crippen molar-refractivity contribution in [2.75, 3.05) is 25.6 Å². The Bertz CT molecular complexity index is 404. The molecule has 0 atom stereocenters. The van der Waals surface area contributed by atoms with Gasteiger partial charge in [-0.15, -0.1) is 0 Å². The van der Waals surface area contributed by atoms with Crippen LogP contribution in [0.2, 0.25) is 0 Å². The second-order valence-corrected chi connectivity index (χ2v) is 6.31. The zero-order valence-electron chi connectivity index (χ0n) is 8.86. The maximum Gasteiger partial charge on any atom is 0.242 e. The zero-order valence-corrected chi connectivity index (χ0v) is 9.67. The summed E-state index contributed by atoms with van der Waals surface area (Å²) in [5.41, 5.74) is -0.855. The van der Waals surface area contributed by atoms with Crippen LogP contribution in [0.3, 0.4) is 0 Å². The lowest BCUT2D eigenvalue weighted by atomic mass is 10.1. The number of carbonyl (C=O) groups is 1. The van der Waals surface area contributed by atoms with Gasteiger partial charge in [-0.1, -0.05) is 0 Å². The van der Waals surface area contributed by atoms with Crippen LogP contribution in [0.1, 0.15) is 12.8 Å². The number of hydrogen-bond acceptors (Lipinski definition) is 4. The Hall–Kier alpha value is -1.09. The molecule has 84 valence electrons. The fourth-order valence-corrected chi connectivity index (χ4v) is 1.87. The average molecular weight is 230 g/mol. The Morgan fingerprint density at radius 3 is 2.40 bits per heavy atom. The SMILES string of the molecule is CN(CCS(C)(=O)=O)C(=O)C1(C#N)CC1. The number of sulfone groups is 1. The maximum absolute atomic E-state index is 11.7.